The van der Waals surface area contributed by atoms with Gasteiger partial charge in [0.2, 0.25) is 0 Å². The van der Waals surface area contributed by atoms with Gasteiger partial charge in [-0.1, -0.05) is 12.8 Å². The summed E-state index contributed by atoms with van der Waals surface area (Å²) in [6.45, 7) is 0. The molecule has 1 fully saturated rings. The normalized spacial score (nSPS) is 23.7. The summed E-state index contributed by atoms with van der Waals surface area (Å²) >= 11 is 0. The number of aromatic carboxylic acids is 1. The molecule has 0 spiro atoms. The molecule has 4 nitrogen and oxygen atoms in total. The van der Waals surface area contributed by atoms with Crippen LogP contribution in [0.2, 0.25) is 0 Å². The lowest BCUT2D eigenvalue weighted by atomic mass is 10.1. The van der Waals surface area contributed by atoms with E-state index in [-0.39, 0.29) is 11.3 Å². The lowest BCUT2D eigenvalue weighted by molar-refractivity contribution is 0.0303. The number of hydrogen-bond donors (Lipinski definition) is 2. The Morgan fingerprint density at radius 2 is 2.00 bits per heavy atom. The number of rotatable bonds is 3. The van der Waals surface area contributed by atoms with E-state index >= 15 is 0 Å². The SMILES string of the molecule is O=C(O)c1ccc(F)cc1OC1CCCCCC1O. The van der Waals surface area contributed by atoms with Crippen LogP contribution in [0, 0.1) is 5.82 Å². The van der Waals surface area contributed by atoms with Crippen molar-refractivity contribution in [2.24, 2.45) is 0 Å². The Balaban J connectivity index is 2.21. The Morgan fingerprint density at radius 3 is 2.74 bits per heavy atom. The number of halogens is 1. The summed E-state index contributed by atoms with van der Waals surface area (Å²) in [6, 6.07) is 3.32. The number of benzene rings is 1. The Hall–Kier alpha value is -1.62. The van der Waals surface area contributed by atoms with E-state index in [1.54, 1.807) is 0 Å². The highest BCUT2D eigenvalue weighted by Gasteiger charge is 2.25. The molecular weight excluding hydrogens is 251 g/mol. The van der Waals surface area contributed by atoms with Crippen molar-refractivity contribution in [2.45, 2.75) is 44.3 Å². The first kappa shape index (κ1) is 13.8. The second-order valence-corrected chi connectivity index (χ2v) is 4.81. The summed E-state index contributed by atoms with van der Waals surface area (Å²) in [5, 5.41) is 19.0. The molecule has 1 aromatic carbocycles. The third-order valence-corrected chi connectivity index (χ3v) is 3.37. The first-order valence-corrected chi connectivity index (χ1v) is 6.45. The van der Waals surface area contributed by atoms with Crippen LogP contribution in [0.1, 0.15) is 42.5 Å². The van der Waals surface area contributed by atoms with Crippen LogP contribution in [-0.2, 0) is 0 Å². The topological polar surface area (TPSA) is 66.8 Å². The molecule has 19 heavy (non-hydrogen) atoms. The number of hydrogen-bond acceptors (Lipinski definition) is 3. The van der Waals surface area contributed by atoms with Crippen LogP contribution < -0.4 is 4.74 Å². The van der Waals surface area contributed by atoms with Gasteiger partial charge in [0.15, 0.2) is 0 Å². The molecule has 1 aliphatic rings. The molecule has 0 amide bonds. The minimum Gasteiger partial charge on any atom is -0.487 e. The summed E-state index contributed by atoms with van der Waals surface area (Å²) in [4.78, 5) is 11.1. The Bertz CT molecular complexity index is 461. The van der Waals surface area contributed by atoms with Crippen LogP contribution in [0.3, 0.4) is 0 Å². The van der Waals surface area contributed by atoms with E-state index in [1.165, 1.54) is 6.07 Å². The Labute approximate surface area is 110 Å². The molecule has 0 aliphatic heterocycles. The summed E-state index contributed by atoms with van der Waals surface area (Å²) < 4.78 is 18.8. The molecule has 104 valence electrons. The van der Waals surface area contributed by atoms with Crippen LogP contribution in [0.25, 0.3) is 0 Å². The first-order valence-electron chi connectivity index (χ1n) is 6.45. The van der Waals surface area contributed by atoms with Gasteiger partial charge in [-0.25, -0.2) is 9.18 Å². The molecule has 1 aromatic rings. The average molecular weight is 268 g/mol. The minimum atomic E-state index is -1.17. The van der Waals surface area contributed by atoms with E-state index in [1.807, 2.05) is 0 Å². The lowest BCUT2D eigenvalue weighted by Crippen LogP contribution is -2.31. The van der Waals surface area contributed by atoms with E-state index < -0.39 is 24.0 Å². The third-order valence-electron chi connectivity index (χ3n) is 3.37. The molecule has 0 radical (unpaired) electrons. The van der Waals surface area contributed by atoms with Crippen molar-refractivity contribution in [2.75, 3.05) is 0 Å². The van der Waals surface area contributed by atoms with E-state index in [2.05, 4.69) is 0 Å². The Kier molecular flexibility index (Phi) is 4.37. The fourth-order valence-corrected chi connectivity index (χ4v) is 2.32. The highest BCUT2D eigenvalue weighted by atomic mass is 19.1. The summed E-state index contributed by atoms with van der Waals surface area (Å²) in [5.74, 6) is -1.74. The van der Waals surface area contributed by atoms with Crippen LogP contribution in [0.15, 0.2) is 18.2 Å². The second kappa shape index (κ2) is 6.02. The molecule has 0 bridgehead atoms. The zero-order valence-electron chi connectivity index (χ0n) is 10.5. The zero-order valence-corrected chi connectivity index (χ0v) is 10.5. The molecular formula is C14H17FO4. The number of aliphatic hydroxyl groups is 1. The largest absolute Gasteiger partial charge is 0.487 e. The fraction of sp³-hybridized carbons (Fsp3) is 0.500. The molecule has 0 aromatic heterocycles. The standard InChI is InChI=1S/C14H17FO4/c15-9-6-7-10(14(17)18)13(8-9)19-12-5-3-1-2-4-11(12)16/h6-8,11-12,16H,1-5H2,(H,17,18). The number of carboxylic acid groups (broad SMARTS) is 1. The van der Waals surface area contributed by atoms with Gasteiger partial charge in [-0.2, -0.15) is 0 Å². The van der Waals surface area contributed by atoms with E-state index in [0.717, 1.165) is 31.4 Å². The zero-order chi connectivity index (χ0) is 13.8. The summed E-state index contributed by atoms with van der Waals surface area (Å²) in [7, 11) is 0. The highest BCUT2D eigenvalue weighted by molar-refractivity contribution is 5.90. The van der Waals surface area contributed by atoms with Crippen molar-refractivity contribution in [1.82, 2.24) is 0 Å². The summed E-state index contributed by atoms with van der Waals surface area (Å²) in [6.07, 6.45) is 3.04. The van der Waals surface area contributed by atoms with Gasteiger partial charge in [0.25, 0.3) is 0 Å². The maximum atomic E-state index is 13.2. The second-order valence-electron chi connectivity index (χ2n) is 4.81. The van der Waals surface area contributed by atoms with Crippen LogP contribution >= 0.6 is 0 Å². The van der Waals surface area contributed by atoms with Gasteiger partial charge in [0.1, 0.15) is 23.2 Å². The van der Waals surface area contributed by atoms with Crippen LogP contribution in [0.4, 0.5) is 4.39 Å². The van der Waals surface area contributed by atoms with Crippen LogP contribution in [0.5, 0.6) is 5.75 Å². The van der Waals surface area contributed by atoms with Gasteiger partial charge in [-0.15, -0.1) is 0 Å². The van der Waals surface area contributed by atoms with Crippen molar-refractivity contribution in [3.63, 3.8) is 0 Å². The molecule has 0 saturated heterocycles. The predicted molar refractivity (Wildman–Crippen MR) is 66.9 cm³/mol. The summed E-state index contributed by atoms with van der Waals surface area (Å²) in [5.41, 5.74) is -0.0853. The lowest BCUT2D eigenvalue weighted by Gasteiger charge is -2.22. The predicted octanol–water partition coefficient (Wildman–Crippen LogP) is 2.60. The fourth-order valence-electron chi connectivity index (χ4n) is 2.32. The smallest absolute Gasteiger partial charge is 0.339 e. The van der Waals surface area contributed by atoms with Crippen LogP contribution in [-0.4, -0.2) is 28.4 Å². The minimum absolute atomic E-state index is 0.0153. The monoisotopic (exact) mass is 268 g/mol. The molecule has 1 aliphatic carbocycles. The molecule has 0 heterocycles. The average Bonchev–Trinajstić information content (AvgIpc) is 2.55. The van der Waals surface area contributed by atoms with Crippen molar-refractivity contribution in [3.05, 3.63) is 29.6 Å². The molecule has 2 atom stereocenters. The highest BCUT2D eigenvalue weighted by Crippen LogP contribution is 2.26. The van der Waals surface area contributed by atoms with Gasteiger partial charge >= 0.3 is 5.97 Å². The van der Waals surface area contributed by atoms with E-state index in [0.29, 0.717) is 12.8 Å². The molecule has 2 rings (SSSR count). The van der Waals surface area contributed by atoms with Crippen molar-refractivity contribution < 1.29 is 24.1 Å². The van der Waals surface area contributed by atoms with Gasteiger partial charge in [-0.05, 0) is 31.4 Å². The maximum absolute atomic E-state index is 13.2. The van der Waals surface area contributed by atoms with Crippen molar-refractivity contribution in [1.29, 1.82) is 0 Å². The molecule has 2 unspecified atom stereocenters. The van der Waals surface area contributed by atoms with Crippen molar-refractivity contribution >= 4 is 5.97 Å². The first-order chi connectivity index (χ1) is 9.08. The Morgan fingerprint density at radius 1 is 1.26 bits per heavy atom. The van der Waals surface area contributed by atoms with Gasteiger partial charge < -0.3 is 14.9 Å². The van der Waals surface area contributed by atoms with Crippen molar-refractivity contribution in [3.8, 4) is 5.75 Å². The van der Waals surface area contributed by atoms with E-state index in [4.69, 9.17) is 9.84 Å². The number of carboxylic acids is 1. The third kappa shape index (κ3) is 3.44. The quantitative estimate of drug-likeness (QED) is 0.827. The number of carbonyl (C=O) groups is 1. The van der Waals surface area contributed by atoms with E-state index in [9.17, 15) is 14.3 Å². The van der Waals surface area contributed by atoms with Gasteiger partial charge in [0, 0.05) is 6.07 Å². The van der Waals surface area contributed by atoms with Gasteiger partial charge in [0.05, 0.1) is 6.10 Å². The van der Waals surface area contributed by atoms with Gasteiger partial charge in [-0.3, -0.25) is 0 Å². The maximum Gasteiger partial charge on any atom is 0.339 e. The molecule has 1 saturated carbocycles. The molecule has 5 heteroatoms. The number of aliphatic hydroxyl groups excluding tert-OH is 1. The number of ether oxygens (including phenoxy) is 1. The molecule has 2 N–H and O–H groups in total.